The second-order valence-electron chi connectivity index (χ2n) is 10.9. The third-order valence-corrected chi connectivity index (χ3v) is 8.78. The molecule has 0 atom stereocenters. The van der Waals surface area contributed by atoms with Crippen LogP contribution in [0.1, 0.15) is 52.0 Å². The van der Waals surface area contributed by atoms with Crippen LogP contribution in [0.2, 0.25) is 10.0 Å². The number of fused-ring (bicyclic) bond motifs is 1. The van der Waals surface area contributed by atoms with Gasteiger partial charge in [0, 0.05) is 51.6 Å². The summed E-state index contributed by atoms with van der Waals surface area (Å²) < 4.78 is 7.99. The number of rotatable bonds is 8. The Morgan fingerprint density at radius 2 is 1.73 bits per heavy atom. The van der Waals surface area contributed by atoms with E-state index in [9.17, 15) is 4.79 Å². The molecule has 1 aliphatic rings. The lowest BCUT2D eigenvalue weighted by Crippen LogP contribution is -2.15. The molecule has 1 N–H and O–H groups in total. The minimum atomic E-state index is -0.0895. The molecule has 0 radical (unpaired) electrons. The average molecular weight is 589 g/mol. The summed E-state index contributed by atoms with van der Waals surface area (Å²) in [7, 11) is 1.94. The van der Waals surface area contributed by atoms with Crippen molar-refractivity contribution in [1.29, 1.82) is 0 Å². The van der Waals surface area contributed by atoms with Crippen LogP contribution in [0, 0.1) is 34.6 Å². The van der Waals surface area contributed by atoms with Gasteiger partial charge in [0.15, 0.2) is 0 Å². The maximum Gasteiger partial charge on any atom is 0.252 e. The first kappa shape index (κ1) is 29.0. The molecule has 1 amide bonds. The Labute approximate surface area is 252 Å². The number of allylic oxidation sites excluding steroid dienone is 1. The highest BCUT2D eigenvalue weighted by atomic mass is 35.5. The van der Waals surface area contributed by atoms with Gasteiger partial charge in [-0.05, 0) is 111 Å². The number of halogens is 2. The van der Waals surface area contributed by atoms with E-state index in [1.54, 1.807) is 0 Å². The van der Waals surface area contributed by atoms with Gasteiger partial charge in [0.25, 0.3) is 5.91 Å². The molecule has 0 saturated heterocycles. The van der Waals surface area contributed by atoms with Gasteiger partial charge in [-0.15, -0.1) is 0 Å². The van der Waals surface area contributed by atoms with E-state index < -0.39 is 0 Å². The summed E-state index contributed by atoms with van der Waals surface area (Å²) in [5, 5.41) is 9.21. The van der Waals surface area contributed by atoms with Crippen LogP contribution in [0.15, 0.2) is 54.1 Å². The molecule has 7 heteroatoms. The molecule has 5 rings (SSSR count). The fourth-order valence-corrected chi connectivity index (χ4v) is 6.18. The Kier molecular flexibility index (Phi) is 8.30. The Morgan fingerprint density at radius 3 is 2.39 bits per heavy atom. The molecule has 0 unspecified atom stereocenters. The van der Waals surface area contributed by atoms with Crippen LogP contribution in [0.3, 0.4) is 0 Å². The fourth-order valence-electron chi connectivity index (χ4n) is 5.80. The predicted molar refractivity (Wildman–Crippen MR) is 169 cm³/mol. The quantitative estimate of drug-likeness (QED) is 0.210. The lowest BCUT2D eigenvalue weighted by Gasteiger charge is -2.14. The van der Waals surface area contributed by atoms with Crippen LogP contribution >= 0.6 is 23.2 Å². The molecule has 1 heterocycles. The molecule has 0 fully saturated rings. The van der Waals surface area contributed by atoms with Crippen molar-refractivity contribution in [3.05, 3.63) is 103 Å². The summed E-state index contributed by atoms with van der Waals surface area (Å²) in [6, 6.07) is 15.8. The van der Waals surface area contributed by atoms with E-state index in [4.69, 9.17) is 27.9 Å². The number of nitrogens with zero attached hydrogens (tertiary/aromatic N) is 2. The molecular weight excluding hydrogens is 553 g/mol. The van der Waals surface area contributed by atoms with E-state index >= 15 is 0 Å². The number of anilines is 1. The standard InChI is InChI=1S/C34H35Cl2N3O2/c1-19-9-7-10-24(15-19)37-34(40)29-18-28-27(12-13-30(35)32(28)31-22(4)38-39(6)23(31)5)26(29)11-8-14-41-25-16-20(2)33(36)21(3)17-25/h7,9-10,12-13,15-17H,8,11,14,18H2,1-6H3,(H,37,40). The van der Waals surface area contributed by atoms with Crippen molar-refractivity contribution in [3.8, 4) is 16.9 Å². The summed E-state index contributed by atoms with van der Waals surface area (Å²) in [5.41, 5.74) is 11.8. The molecule has 3 aromatic carbocycles. The lowest BCUT2D eigenvalue weighted by atomic mass is 9.93. The zero-order chi connectivity index (χ0) is 29.4. The van der Waals surface area contributed by atoms with Gasteiger partial charge in [-0.3, -0.25) is 9.48 Å². The van der Waals surface area contributed by atoms with Gasteiger partial charge in [0.1, 0.15) is 5.75 Å². The minimum absolute atomic E-state index is 0.0895. The fraction of sp³-hybridized carbons (Fsp3) is 0.294. The minimum Gasteiger partial charge on any atom is -0.494 e. The van der Waals surface area contributed by atoms with Gasteiger partial charge in [-0.2, -0.15) is 5.10 Å². The average Bonchev–Trinajstić information content (AvgIpc) is 3.41. The molecule has 1 aromatic heterocycles. The molecule has 41 heavy (non-hydrogen) atoms. The maximum atomic E-state index is 13.8. The maximum absolute atomic E-state index is 13.8. The number of ether oxygens (including phenoxy) is 1. The third kappa shape index (κ3) is 5.79. The molecule has 212 valence electrons. The Balaban J connectivity index is 1.47. The second kappa shape index (κ2) is 11.8. The van der Waals surface area contributed by atoms with E-state index in [-0.39, 0.29) is 5.91 Å². The van der Waals surface area contributed by atoms with E-state index in [0.717, 1.165) is 84.4 Å². The number of aromatic nitrogens is 2. The van der Waals surface area contributed by atoms with Crippen LogP contribution < -0.4 is 10.1 Å². The molecule has 0 aliphatic heterocycles. The SMILES string of the molecule is Cc1cccc(NC(=O)C2=C(CCCOc3cc(C)c(Cl)c(C)c3)c3ccc(Cl)c(-c4c(C)nn(C)c4C)c3C2)c1. The van der Waals surface area contributed by atoms with E-state index in [1.807, 2.05) is 81.9 Å². The van der Waals surface area contributed by atoms with Crippen molar-refractivity contribution in [2.45, 2.75) is 53.9 Å². The third-order valence-electron chi connectivity index (χ3n) is 7.86. The highest BCUT2D eigenvalue weighted by Crippen LogP contribution is 2.45. The number of amides is 1. The Hall–Kier alpha value is -3.54. The monoisotopic (exact) mass is 587 g/mol. The summed E-state index contributed by atoms with van der Waals surface area (Å²) in [4.78, 5) is 13.8. The number of carbonyl (C=O) groups excluding carboxylic acids is 1. The number of benzene rings is 3. The molecule has 5 nitrogen and oxygen atoms in total. The van der Waals surface area contributed by atoms with Gasteiger partial charge in [0.2, 0.25) is 0 Å². The number of nitrogens with one attached hydrogen (secondary N) is 1. The topological polar surface area (TPSA) is 56.1 Å². The van der Waals surface area contributed by atoms with Crippen LogP contribution in [-0.2, 0) is 18.3 Å². The molecule has 0 bridgehead atoms. The normalized spacial score (nSPS) is 12.6. The summed E-state index contributed by atoms with van der Waals surface area (Å²) in [5.74, 6) is 0.715. The first-order chi connectivity index (χ1) is 19.5. The number of hydrogen-bond acceptors (Lipinski definition) is 3. The van der Waals surface area contributed by atoms with Crippen LogP contribution in [0.25, 0.3) is 16.7 Å². The number of aryl methyl sites for hydroxylation is 5. The molecular formula is C34H35Cl2N3O2. The zero-order valence-corrected chi connectivity index (χ0v) is 25.9. The summed E-state index contributed by atoms with van der Waals surface area (Å²) in [6.45, 7) is 10.6. The van der Waals surface area contributed by atoms with Crippen molar-refractivity contribution in [2.75, 3.05) is 11.9 Å². The van der Waals surface area contributed by atoms with E-state index in [2.05, 4.69) is 23.4 Å². The molecule has 1 aliphatic carbocycles. The first-order valence-corrected chi connectivity index (χ1v) is 14.6. The van der Waals surface area contributed by atoms with Gasteiger partial charge >= 0.3 is 0 Å². The lowest BCUT2D eigenvalue weighted by molar-refractivity contribution is -0.112. The van der Waals surface area contributed by atoms with Crippen LogP contribution in [-0.4, -0.2) is 22.3 Å². The van der Waals surface area contributed by atoms with Crippen LogP contribution in [0.4, 0.5) is 5.69 Å². The van der Waals surface area contributed by atoms with E-state index in [0.29, 0.717) is 24.5 Å². The second-order valence-corrected chi connectivity index (χ2v) is 11.7. The Morgan fingerprint density at radius 1 is 1.00 bits per heavy atom. The number of carbonyl (C=O) groups is 1. The van der Waals surface area contributed by atoms with Crippen molar-refractivity contribution >= 4 is 40.4 Å². The molecule has 0 spiro atoms. The highest BCUT2D eigenvalue weighted by Gasteiger charge is 2.31. The smallest absolute Gasteiger partial charge is 0.252 e. The van der Waals surface area contributed by atoms with Crippen molar-refractivity contribution in [3.63, 3.8) is 0 Å². The van der Waals surface area contributed by atoms with Gasteiger partial charge in [-0.1, -0.05) is 41.4 Å². The van der Waals surface area contributed by atoms with Crippen molar-refractivity contribution in [1.82, 2.24) is 9.78 Å². The molecule has 4 aromatic rings. The zero-order valence-electron chi connectivity index (χ0n) is 24.4. The van der Waals surface area contributed by atoms with Gasteiger partial charge in [-0.25, -0.2) is 0 Å². The predicted octanol–water partition coefficient (Wildman–Crippen LogP) is 8.74. The Bertz CT molecular complexity index is 1680. The largest absolute Gasteiger partial charge is 0.494 e. The first-order valence-electron chi connectivity index (χ1n) is 13.9. The summed E-state index contributed by atoms with van der Waals surface area (Å²) in [6.07, 6.45) is 1.95. The van der Waals surface area contributed by atoms with Gasteiger partial charge in [0.05, 0.1) is 12.3 Å². The summed E-state index contributed by atoms with van der Waals surface area (Å²) >= 11 is 13.2. The van der Waals surface area contributed by atoms with Crippen molar-refractivity contribution in [2.24, 2.45) is 7.05 Å². The van der Waals surface area contributed by atoms with Gasteiger partial charge < -0.3 is 10.1 Å². The highest BCUT2D eigenvalue weighted by molar-refractivity contribution is 6.34. The molecule has 0 saturated carbocycles. The van der Waals surface area contributed by atoms with E-state index in [1.165, 1.54) is 0 Å². The number of hydrogen-bond donors (Lipinski definition) is 1. The van der Waals surface area contributed by atoms with Crippen LogP contribution in [0.5, 0.6) is 5.75 Å². The van der Waals surface area contributed by atoms with Crippen molar-refractivity contribution < 1.29 is 9.53 Å².